The molecule has 106 valence electrons. The zero-order chi connectivity index (χ0) is 13.9. The fourth-order valence-electron chi connectivity index (χ4n) is 1.57. The molecule has 1 aromatic rings. The normalized spacial score (nSPS) is 10.1. The van der Waals surface area contributed by atoms with E-state index in [2.05, 4.69) is 20.6 Å². The number of carboxylic acids is 1. The predicted molar refractivity (Wildman–Crippen MR) is 69.8 cm³/mol. The van der Waals surface area contributed by atoms with Gasteiger partial charge in [0, 0.05) is 37.8 Å². The summed E-state index contributed by atoms with van der Waals surface area (Å²) in [5, 5.41) is 13.9. The molecular formula is C12H20N4O3. The molecule has 0 saturated heterocycles. The fourth-order valence-corrected chi connectivity index (χ4v) is 1.57. The molecule has 0 bridgehead atoms. The highest BCUT2D eigenvalue weighted by Crippen LogP contribution is 1.98. The number of aromatic nitrogens is 2. The highest BCUT2D eigenvalue weighted by atomic mass is 16.4. The van der Waals surface area contributed by atoms with Crippen LogP contribution in [0, 0.1) is 0 Å². The third-order valence-corrected chi connectivity index (χ3v) is 2.59. The Kier molecular flexibility index (Phi) is 7.08. The zero-order valence-corrected chi connectivity index (χ0v) is 10.8. The fraction of sp³-hybridized carbons (Fsp3) is 0.583. The number of nitrogens with one attached hydrogen (secondary N) is 3. The standard InChI is InChI=1S/C12H20N4O3/c17-11(18)4-2-1-3-6-14-12(19)15-7-5-10-8-13-9-16-10/h8-9H,1-7H2,(H,13,16)(H,17,18)(H2,14,15,19). The van der Waals surface area contributed by atoms with Gasteiger partial charge in [-0.15, -0.1) is 0 Å². The van der Waals surface area contributed by atoms with Crippen LogP contribution >= 0.6 is 0 Å². The maximum absolute atomic E-state index is 11.4. The Hall–Kier alpha value is -2.05. The molecule has 0 saturated carbocycles. The highest BCUT2D eigenvalue weighted by molar-refractivity contribution is 5.73. The topological polar surface area (TPSA) is 107 Å². The number of hydrogen-bond acceptors (Lipinski definition) is 3. The summed E-state index contributed by atoms with van der Waals surface area (Å²) in [6.07, 6.45) is 6.48. The minimum Gasteiger partial charge on any atom is -0.481 e. The second-order valence-corrected chi connectivity index (χ2v) is 4.21. The van der Waals surface area contributed by atoms with Gasteiger partial charge in [-0.25, -0.2) is 9.78 Å². The number of imidazole rings is 1. The minimum atomic E-state index is -0.774. The number of amides is 2. The molecule has 0 unspecified atom stereocenters. The smallest absolute Gasteiger partial charge is 0.314 e. The number of unbranched alkanes of at least 4 members (excludes halogenated alkanes) is 2. The van der Waals surface area contributed by atoms with Crippen LogP contribution in [0.2, 0.25) is 0 Å². The summed E-state index contributed by atoms with van der Waals surface area (Å²) >= 11 is 0. The van der Waals surface area contributed by atoms with Crippen LogP contribution < -0.4 is 10.6 Å². The number of carboxylic acid groups (broad SMARTS) is 1. The largest absolute Gasteiger partial charge is 0.481 e. The first-order valence-electron chi connectivity index (χ1n) is 6.39. The monoisotopic (exact) mass is 268 g/mol. The molecule has 0 fully saturated rings. The molecule has 0 aliphatic heterocycles. The molecule has 0 spiro atoms. The number of aromatic amines is 1. The lowest BCUT2D eigenvalue weighted by molar-refractivity contribution is -0.137. The third-order valence-electron chi connectivity index (χ3n) is 2.59. The van der Waals surface area contributed by atoms with Gasteiger partial charge in [0.05, 0.1) is 6.33 Å². The summed E-state index contributed by atoms with van der Waals surface area (Å²) in [6.45, 7) is 1.11. The highest BCUT2D eigenvalue weighted by Gasteiger charge is 2.00. The summed E-state index contributed by atoms with van der Waals surface area (Å²) < 4.78 is 0. The second-order valence-electron chi connectivity index (χ2n) is 4.21. The van der Waals surface area contributed by atoms with E-state index in [0.717, 1.165) is 18.5 Å². The van der Waals surface area contributed by atoms with Crippen molar-refractivity contribution in [2.75, 3.05) is 13.1 Å². The quantitative estimate of drug-likeness (QED) is 0.499. The molecule has 0 aromatic carbocycles. The molecule has 7 heteroatoms. The van der Waals surface area contributed by atoms with Crippen LogP contribution in [0.15, 0.2) is 12.5 Å². The van der Waals surface area contributed by atoms with Crippen molar-refractivity contribution in [1.82, 2.24) is 20.6 Å². The Labute approximate surface area is 111 Å². The number of H-pyrrole nitrogens is 1. The van der Waals surface area contributed by atoms with Crippen molar-refractivity contribution in [3.63, 3.8) is 0 Å². The molecule has 19 heavy (non-hydrogen) atoms. The first kappa shape index (κ1) is 15.0. The van der Waals surface area contributed by atoms with Crippen molar-refractivity contribution >= 4 is 12.0 Å². The number of rotatable bonds is 9. The first-order chi connectivity index (χ1) is 9.18. The van der Waals surface area contributed by atoms with Gasteiger partial charge in [0.15, 0.2) is 0 Å². The van der Waals surface area contributed by atoms with Gasteiger partial charge in [0.1, 0.15) is 0 Å². The van der Waals surface area contributed by atoms with Gasteiger partial charge in [-0.1, -0.05) is 6.42 Å². The Morgan fingerprint density at radius 3 is 2.68 bits per heavy atom. The van der Waals surface area contributed by atoms with Crippen LogP contribution in [0.5, 0.6) is 0 Å². The van der Waals surface area contributed by atoms with Gasteiger partial charge in [-0.2, -0.15) is 0 Å². The van der Waals surface area contributed by atoms with Crippen LogP contribution in [0.1, 0.15) is 31.4 Å². The lowest BCUT2D eigenvalue weighted by Gasteiger charge is -2.06. The van der Waals surface area contributed by atoms with E-state index in [4.69, 9.17) is 5.11 Å². The minimum absolute atomic E-state index is 0.191. The molecule has 1 rings (SSSR count). The molecule has 1 aromatic heterocycles. The Morgan fingerprint density at radius 1 is 1.21 bits per heavy atom. The average Bonchev–Trinajstić information content (AvgIpc) is 2.86. The molecule has 4 N–H and O–H groups in total. The van der Waals surface area contributed by atoms with Crippen molar-refractivity contribution in [2.45, 2.75) is 32.1 Å². The third kappa shape index (κ3) is 7.80. The van der Waals surface area contributed by atoms with E-state index in [0.29, 0.717) is 25.9 Å². The van der Waals surface area contributed by atoms with Crippen molar-refractivity contribution < 1.29 is 14.7 Å². The number of carbonyl (C=O) groups excluding carboxylic acids is 1. The maximum Gasteiger partial charge on any atom is 0.314 e. The van der Waals surface area contributed by atoms with Crippen molar-refractivity contribution in [2.24, 2.45) is 0 Å². The lowest BCUT2D eigenvalue weighted by Crippen LogP contribution is -2.37. The maximum atomic E-state index is 11.4. The van der Waals surface area contributed by atoms with Gasteiger partial charge in [-0.05, 0) is 12.8 Å². The van der Waals surface area contributed by atoms with Crippen LogP contribution in [0.25, 0.3) is 0 Å². The summed E-state index contributed by atoms with van der Waals surface area (Å²) in [4.78, 5) is 28.5. The summed E-state index contributed by atoms with van der Waals surface area (Å²) in [5.74, 6) is -0.774. The number of urea groups is 1. The van der Waals surface area contributed by atoms with E-state index in [1.807, 2.05) is 0 Å². The van der Waals surface area contributed by atoms with Crippen molar-refractivity contribution in [3.05, 3.63) is 18.2 Å². The average molecular weight is 268 g/mol. The molecule has 2 amide bonds. The van der Waals surface area contributed by atoms with Gasteiger partial charge < -0.3 is 20.7 Å². The summed E-state index contributed by atoms with van der Waals surface area (Å²) in [5.41, 5.74) is 0.981. The van der Waals surface area contributed by atoms with Gasteiger partial charge in [0.2, 0.25) is 0 Å². The number of carbonyl (C=O) groups is 2. The van der Waals surface area contributed by atoms with Crippen LogP contribution in [0.4, 0.5) is 4.79 Å². The van der Waals surface area contributed by atoms with Crippen LogP contribution in [-0.4, -0.2) is 40.2 Å². The molecular weight excluding hydrogens is 248 g/mol. The summed E-state index contributed by atoms with van der Waals surface area (Å²) in [7, 11) is 0. The first-order valence-corrected chi connectivity index (χ1v) is 6.39. The molecule has 0 aliphatic carbocycles. The molecule has 0 aliphatic rings. The number of hydrogen-bond donors (Lipinski definition) is 4. The van der Waals surface area contributed by atoms with Crippen LogP contribution in [-0.2, 0) is 11.2 Å². The Morgan fingerprint density at radius 2 is 2.00 bits per heavy atom. The van der Waals surface area contributed by atoms with Crippen molar-refractivity contribution in [1.29, 1.82) is 0 Å². The van der Waals surface area contributed by atoms with Crippen LogP contribution in [0.3, 0.4) is 0 Å². The number of nitrogens with zero attached hydrogens (tertiary/aromatic N) is 1. The Bertz CT molecular complexity index is 378. The van der Waals surface area contributed by atoms with E-state index >= 15 is 0 Å². The molecule has 0 atom stereocenters. The van der Waals surface area contributed by atoms with E-state index in [1.54, 1.807) is 12.5 Å². The zero-order valence-electron chi connectivity index (χ0n) is 10.8. The van der Waals surface area contributed by atoms with E-state index < -0.39 is 5.97 Å². The van der Waals surface area contributed by atoms with Gasteiger partial charge in [0.25, 0.3) is 0 Å². The van der Waals surface area contributed by atoms with E-state index in [9.17, 15) is 9.59 Å². The van der Waals surface area contributed by atoms with E-state index in [-0.39, 0.29) is 12.5 Å². The van der Waals surface area contributed by atoms with E-state index in [1.165, 1.54) is 0 Å². The SMILES string of the molecule is O=C(O)CCCCCNC(=O)NCCc1cnc[nH]1. The molecule has 1 heterocycles. The number of aliphatic carboxylic acids is 1. The second kappa shape index (κ2) is 8.96. The Balaban J connectivity index is 1.92. The molecule has 0 radical (unpaired) electrons. The molecule has 7 nitrogen and oxygen atoms in total. The van der Waals surface area contributed by atoms with Gasteiger partial charge in [-0.3, -0.25) is 4.79 Å². The van der Waals surface area contributed by atoms with Crippen molar-refractivity contribution in [3.8, 4) is 0 Å². The predicted octanol–water partition coefficient (Wildman–Crippen LogP) is 0.896. The lowest BCUT2D eigenvalue weighted by atomic mass is 10.2. The van der Waals surface area contributed by atoms with Gasteiger partial charge >= 0.3 is 12.0 Å². The summed E-state index contributed by atoms with van der Waals surface area (Å²) in [6, 6.07) is -0.197.